The van der Waals surface area contributed by atoms with Crippen LogP contribution in [-0.4, -0.2) is 28.2 Å². The summed E-state index contributed by atoms with van der Waals surface area (Å²) in [5, 5.41) is 0. The minimum atomic E-state index is -0.394. The molecule has 0 aliphatic heterocycles. The summed E-state index contributed by atoms with van der Waals surface area (Å²) in [7, 11) is 0. The molecule has 3 rings (SSSR count). The number of rotatable bonds is 6. The molecule has 2 aromatic carbocycles. The first-order valence-electron chi connectivity index (χ1n) is 8.31. The molecule has 0 aliphatic rings. The van der Waals surface area contributed by atoms with Gasteiger partial charge in [0, 0.05) is 6.92 Å². The third kappa shape index (κ3) is 4.18. The Morgan fingerprint density at radius 2 is 1.96 bits per heavy atom. The molecule has 0 amide bonds. The molecule has 1 aromatic heterocycles. The van der Waals surface area contributed by atoms with Crippen molar-refractivity contribution in [2.75, 3.05) is 6.61 Å². The number of fused-ring (bicyclic) bond motifs is 1. The normalized spacial score (nSPS) is 12.1. The molecule has 0 unspecified atom stereocenters. The maximum Gasteiger partial charge on any atom is 0.303 e. The summed E-state index contributed by atoms with van der Waals surface area (Å²) in [6.07, 6.45) is -0.394. The summed E-state index contributed by atoms with van der Waals surface area (Å²) in [4.78, 5) is 16.1. The number of esters is 1. The van der Waals surface area contributed by atoms with E-state index in [0.29, 0.717) is 6.54 Å². The van der Waals surface area contributed by atoms with Crippen LogP contribution in [0.4, 0.5) is 0 Å². The lowest BCUT2D eigenvalue weighted by Crippen LogP contribution is -2.29. The number of aromatic nitrogens is 2. The molecule has 5 nitrogen and oxygen atoms in total. The highest BCUT2D eigenvalue weighted by Crippen LogP contribution is 2.18. The fourth-order valence-electron chi connectivity index (χ4n) is 2.88. The number of ether oxygens (including phenoxy) is 2. The topological polar surface area (TPSA) is 53.4 Å². The lowest BCUT2D eigenvalue weighted by molar-refractivity contribution is -0.148. The van der Waals surface area contributed by atoms with E-state index in [1.165, 1.54) is 6.92 Å². The molecule has 0 saturated heterocycles. The van der Waals surface area contributed by atoms with Gasteiger partial charge in [-0.3, -0.25) is 4.79 Å². The molecule has 0 radical (unpaired) electrons. The van der Waals surface area contributed by atoms with E-state index in [1.807, 2.05) is 62.4 Å². The van der Waals surface area contributed by atoms with Crippen LogP contribution in [0.3, 0.4) is 0 Å². The first-order chi connectivity index (χ1) is 12.0. The second kappa shape index (κ2) is 7.38. The Kier molecular flexibility index (Phi) is 5.03. The number of nitrogens with zero attached hydrogens (tertiary/aromatic N) is 2. The van der Waals surface area contributed by atoms with Crippen LogP contribution >= 0.6 is 0 Å². The van der Waals surface area contributed by atoms with E-state index in [-0.39, 0.29) is 12.6 Å². The van der Waals surface area contributed by atoms with E-state index in [1.54, 1.807) is 0 Å². The Morgan fingerprint density at radius 1 is 1.16 bits per heavy atom. The number of imidazole rings is 1. The van der Waals surface area contributed by atoms with Crippen LogP contribution < -0.4 is 4.74 Å². The summed E-state index contributed by atoms with van der Waals surface area (Å²) in [5.41, 5.74) is 3.08. The maximum absolute atomic E-state index is 11.5. The number of benzene rings is 2. The van der Waals surface area contributed by atoms with Crippen molar-refractivity contribution in [2.45, 2.75) is 33.4 Å². The Bertz CT molecular complexity index is 886. The highest BCUT2D eigenvalue weighted by Gasteiger charge is 2.17. The lowest BCUT2D eigenvalue weighted by atomic mass is 10.2. The van der Waals surface area contributed by atoms with Crippen LogP contribution in [0.25, 0.3) is 11.0 Å². The third-order valence-electron chi connectivity index (χ3n) is 3.99. The van der Waals surface area contributed by atoms with Gasteiger partial charge in [-0.1, -0.05) is 24.3 Å². The van der Waals surface area contributed by atoms with Gasteiger partial charge in [0.05, 0.1) is 17.6 Å². The quantitative estimate of drug-likeness (QED) is 0.644. The SMILES string of the molecule is CC(=O)O[C@@H](COc1cccc(C)c1)Cn1c(C)nc2ccccc21. The number of aryl methyl sites for hydroxylation is 2. The van der Waals surface area contributed by atoms with Crippen molar-refractivity contribution in [1.29, 1.82) is 0 Å². The number of carbonyl (C=O) groups excluding carboxylic acids is 1. The summed E-state index contributed by atoms with van der Waals surface area (Å²) in [6, 6.07) is 15.7. The summed E-state index contributed by atoms with van der Waals surface area (Å²) >= 11 is 0. The van der Waals surface area contributed by atoms with Gasteiger partial charge in [-0.25, -0.2) is 4.98 Å². The Balaban J connectivity index is 1.78. The van der Waals surface area contributed by atoms with Gasteiger partial charge in [-0.05, 0) is 43.7 Å². The van der Waals surface area contributed by atoms with Gasteiger partial charge in [-0.15, -0.1) is 0 Å². The van der Waals surface area contributed by atoms with E-state index in [2.05, 4.69) is 9.55 Å². The van der Waals surface area contributed by atoms with Crippen molar-refractivity contribution in [3.05, 3.63) is 59.9 Å². The molecule has 0 saturated carbocycles. The predicted molar refractivity (Wildman–Crippen MR) is 96.7 cm³/mol. The summed E-state index contributed by atoms with van der Waals surface area (Å²) in [6.45, 7) is 6.16. The molecule has 0 fully saturated rings. The average molecular weight is 338 g/mol. The van der Waals surface area contributed by atoms with E-state index < -0.39 is 6.10 Å². The second-order valence-corrected chi connectivity index (χ2v) is 6.12. The minimum absolute atomic E-state index is 0.287. The molecule has 25 heavy (non-hydrogen) atoms. The molecular weight excluding hydrogens is 316 g/mol. The van der Waals surface area contributed by atoms with Crippen LogP contribution in [0.15, 0.2) is 48.5 Å². The van der Waals surface area contributed by atoms with E-state index in [4.69, 9.17) is 9.47 Å². The van der Waals surface area contributed by atoms with Crippen molar-refractivity contribution < 1.29 is 14.3 Å². The Labute approximate surface area is 147 Å². The van der Waals surface area contributed by atoms with Crippen LogP contribution in [0.5, 0.6) is 5.75 Å². The van der Waals surface area contributed by atoms with Crippen molar-refractivity contribution in [3.63, 3.8) is 0 Å². The van der Waals surface area contributed by atoms with Crippen LogP contribution in [-0.2, 0) is 16.1 Å². The van der Waals surface area contributed by atoms with Crippen LogP contribution in [0, 0.1) is 13.8 Å². The average Bonchev–Trinajstić information content (AvgIpc) is 2.88. The van der Waals surface area contributed by atoms with Gasteiger partial charge < -0.3 is 14.0 Å². The molecule has 0 aliphatic carbocycles. The first kappa shape index (κ1) is 17.0. The third-order valence-corrected chi connectivity index (χ3v) is 3.99. The monoisotopic (exact) mass is 338 g/mol. The molecule has 1 atom stereocenters. The van der Waals surface area contributed by atoms with E-state index >= 15 is 0 Å². The van der Waals surface area contributed by atoms with Crippen molar-refractivity contribution in [1.82, 2.24) is 9.55 Å². The summed E-state index contributed by atoms with van der Waals surface area (Å²) < 4.78 is 13.4. The van der Waals surface area contributed by atoms with Crippen molar-refractivity contribution in [3.8, 4) is 5.75 Å². The largest absolute Gasteiger partial charge is 0.490 e. The minimum Gasteiger partial charge on any atom is -0.490 e. The van der Waals surface area contributed by atoms with Gasteiger partial charge >= 0.3 is 5.97 Å². The highest BCUT2D eigenvalue weighted by molar-refractivity contribution is 5.75. The smallest absolute Gasteiger partial charge is 0.303 e. The lowest BCUT2D eigenvalue weighted by Gasteiger charge is -2.19. The van der Waals surface area contributed by atoms with Gasteiger partial charge in [0.15, 0.2) is 6.10 Å². The van der Waals surface area contributed by atoms with Gasteiger partial charge in [0.1, 0.15) is 18.2 Å². The van der Waals surface area contributed by atoms with E-state index in [9.17, 15) is 4.79 Å². The zero-order valence-corrected chi connectivity index (χ0v) is 14.7. The fraction of sp³-hybridized carbons (Fsp3) is 0.300. The molecule has 130 valence electrons. The number of carbonyl (C=O) groups is 1. The van der Waals surface area contributed by atoms with E-state index in [0.717, 1.165) is 28.2 Å². The number of hydrogen-bond acceptors (Lipinski definition) is 4. The van der Waals surface area contributed by atoms with Crippen LogP contribution in [0.2, 0.25) is 0 Å². The molecule has 0 bridgehead atoms. The first-order valence-corrected chi connectivity index (χ1v) is 8.31. The molecule has 0 N–H and O–H groups in total. The Morgan fingerprint density at radius 3 is 2.72 bits per heavy atom. The van der Waals surface area contributed by atoms with Gasteiger partial charge in [0.2, 0.25) is 0 Å². The van der Waals surface area contributed by atoms with Crippen molar-refractivity contribution in [2.24, 2.45) is 0 Å². The fourth-order valence-corrected chi connectivity index (χ4v) is 2.88. The maximum atomic E-state index is 11.5. The standard InChI is InChI=1S/C20H22N2O3/c1-14-7-6-8-17(11-14)24-13-18(25-16(3)23)12-22-15(2)21-19-9-4-5-10-20(19)22/h4-11,18H,12-13H2,1-3H3/t18-/m1/s1. The van der Waals surface area contributed by atoms with Crippen molar-refractivity contribution >= 4 is 17.0 Å². The molecule has 5 heteroatoms. The molecule has 1 heterocycles. The molecule has 3 aromatic rings. The summed E-state index contributed by atoms with van der Waals surface area (Å²) in [5.74, 6) is 1.33. The highest BCUT2D eigenvalue weighted by atomic mass is 16.6. The zero-order valence-electron chi connectivity index (χ0n) is 14.7. The predicted octanol–water partition coefficient (Wildman–Crippen LogP) is 3.66. The second-order valence-electron chi connectivity index (χ2n) is 6.12. The molecule has 0 spiro atoms. The van der Waals surface area contributed by atoms with Gasteiger partial charge in [0.25, 0.3) is 0 Å². The zero-order chi connectivity index (χ0) is 17.8. The Hall–Kier alpha value is -2.82. The van der Waals surface area contributed by atoms with Gasteiger partial charge in [-0.2, -0.15) is 0 Å². The van der Waals surface area contributed by atoms with Crippen LogP contribution in [0.1, 0.15) is 18.3 Å². The molecular formula is C20H22N2O3. The number of hydrogen-bond donors (Lipinski definition) is 0. The number of para-hydroxylation sites is 2.